The van der Waals surface area contributed by atoms with Crippen LogP contribution in [0.4, 0.5) is 5.69 Å². The number of nitrogens with zero attached hydrogens (tertiary/aromatic N) is 1. The minimum atomic E-state index is -0.403. The lowest BCUT2D eigenvalue weighted by molar-refractivity contribution is -0.112. The van der Waals surface area contributed by atoms with Crippen molar-refractivity contribution < 1.29 is 4.79 Å². The van der Waals surface area contributed by atoms with E-state index in [0.29, 0.717) is 5.69 Å². The number of nitriles is 1. The number of nitrogens with one attached hydrogen (secondary N) is 1. The summed E-state index contributed by atoms with van der Waals surface area (Å²) in [6.07, 6.45) is 3.59. The molecule has 0 radical (unpaired) electrons. The van der Waals surface area contributed by atoms with Crippen molar-refractivity contribution in [3.8, 4) is 6.07 Å². The van der Waals surface area contributed by atoms with Crippen LogP contribution >= 0.6 is 11.8 Å². The van der Waals surface area contributed by atoms with Gasteiger partial charge in [-0.05, 0) is 49.1 Å². The Balaban J connectivity index is 2.15. The Labute approximate surface area is 134 Å². The SMILES string of the molecule is CSc1ccc(/C=C(/C#N)C(=O)Nc2ccc(C)cc2)cc1. The van der Waals surface area contributed by atoms with Crippen LogP contribution in [-0.4, -0.2) is 12.2 Å². The molecule has 2 aromatic rings. The Bertz CT molecular complexity index is 725. The van der Waals surface area contributed by atoms with Crippen LogP contribution in [0, 0.1) is 18.3 Å². The number of hydrogen-bond donors (Lipinski definition) is 1. The molecule has 110 valence electrons. The first-order valence-corrected chi connectivity index (χ1v) is 7.98. The van der Waals surface area contributed by atoms with Crippen LogP contribution in [0.3, 0.4) is 0 Å². The number of hydrogen-bond acceptors (Lipinski definition) is 3. The predicted octanol–water partition coefficient (Wildman–Crippen LogP) is 4.26. The summed E-state index contributed by atoms with van der Waals surface area (Å²) >= 11 is 1.65. The third kappa shape index (κ3) is 4.24. The van der Waals surface area contributed by atoms with E-state index < -0.39 is 5.91 Å². The summed E-state index contributed by atoms with van der Waals surface area (Å²) in [5, 5.41) is 11.9. The van der Waals surface area contributed by atoms with Crippen LogP contribution < -0.4 is 5.32 Å². The van der Waals surface area contributed by atoms with E-state index in [-0.39, 0.29) is 5.57 Å². The summed E-state index contributed by atoms with van der Waals surface area (Å²) < 4.78 is 0. The number of carbonyl (C=O) groups is 1. The molecule has 22 heavy (non-hydrogen) atoms. The molecule has 0 spiro atoms. The van der Waals surface area contributed by atoms with Crippen molar-refractivity contribution in [2.24, 2.45) is 0 Å². The Morgan fingerprint density at radius 3 is 2.32 bits per heavy atom. The van der Waals surface area contributed by atoms with Gasteiger partial charge in [0.2, 0.25) is 0 Å². The topological polar surface area (TPSA) is 52.9 Å². The van der Waals surface area contributed by atoms with Gasteiger partial charge < -0.3 is 5.32 Å². The molecule has 0 saturated heterocycles. The van der Waals surface area contributed by atoms with Gasteiger partial charge in [0.1, 0.15) is 11.6 Å². The first-order chi connectivity index (χ1) is 10.6. The molecular weight excluding hydrogens is 292 g/mol. The molecule has 0 aromatic heterocycles. The van der Waals surface area contributed by atoms with Crippen molar-refractivity contribution in [3.63, 3.8) is 0 Å². The zero-order valence-electron chi connectivity index (χ0n) is 12.5. The smallest absolute Gasteiger partial charge is 0.266 e. The van der Waals surface area contributed by atoms with Gasteiger partial charge in [-0.1, -0.05) is 29.8 Å². The highest BCUT2D eigenvalue weighted by Gasteiger charge is 2.09. The largest absolute Gasteiger partial charge is 0.321 e. The van der Waals surface area contributed by atoms with Crippen molar-refractivity contribution in [2.75, 3.05) is 11.6 Å². The molecule has 0 heterocycles. The van der Waals surface area contributed by atoms with Crippen LogP contribution in [0.5, 0.6) is 0 Å². The van der Waals surface area contributed by atoms with E-state index in [9.17, 15) is 10.1 Å². The summed E-state index contributed by atoms with van der Waals surface area (Å²) in [6, 6.07) is 17.1. The minimum Gasteiger partial charge on any atom is -0.321 e. The molecule has 0 atom stereocenters. The van der Waals surface area contributed by atoms with E-state index in [1.54, 1.807) is 17.8 Å². The molecule has 0 aliphatic rings. The van der Waals surface area contributed by atoms with Crippen LogP contribution in [0.2, 0.25) is 0 Å². The minimum absolute atomic E-state index is 0.0810. The van der Waals surface area contributed by atoms with Crippen molar-refractivity contribution in [2.45, 2.75) is 11.8 Å². The highest BCUT2D eigenvalue weighted by atomic mass is 32.2. The first-order valence-electron chi connectivity index (χ1n) is 6.76. The summed E-state index contributed by atoms with van der Waals surface area (Å²) in [4.78, 5) is 13.3. The number of carbonyl (C=O) groups excluding carboxylic acids is 1. The van der Waals surface area contributed by atoms with Crippen molar-refractivity contribution in [3.05, 3.63) is 65.2 Å². The van der Waals surface area contributed by atoms with Gasteiger partial charge in [-0.2, -0.15) is 5.26 Å². The van der Waals surface area contributed by atoms with Crippen molar-refractivity contribution >= 4 is 29.4 Å². The second-order valence-corrected chi connectivity index (χ2v) is 5.64. The summed E-state index contributed by atoms with van der Waals surface area (Å²) in [7, 11) is 0. The van der Waals surface area contributed by atoms with Gasteiger partial charge in [-0.15, -0.1) is 11.8 Å². The van der Waals surface area contributed by atoms with E-state index in [1.165, 1.54) is 0 Å². The number of amides is 1. The van der Waals surface area contributed by atoms with Gasteiger partial charge in [0, 0.05) is 10.6 Å². The second kappa shape index (κ2) is 7.48. The fraction of sp³-hybridized carbons (Fsp3) is 0.111. The van der Waals surface area contributed by atoms with Crippen LogP contribution in [0.1, 0.15) is 11.1 Å². The van der Waals surface area contributed by atoms with Gasteiger partial charge in [0.05, 0.1) is 0 Å². The summed E-state index contributed by atoms with van der Waals surface area (Å²) in [5.74, 6) is -0.403. The van der Waals surface area contributed by atoms with Crippen LogP contribution in [-0.2, 0) is 4.79 Å². The molecule has 0 saturated carbocycles. The number of aryl methyl sites for hydroxylation is 1. The molecule has 0 unspecified atom stereocenters. The molecule has 2 rings (SSSR count). The number of rotatable bonds is 4. The van der Waals surface area contributed by atoms with E-state index >= 15 is 0 Å². The van der Waals surface area contributed by atoms with Crippen molar-refractivity contribution in [1.82, 2.24) is 0 Å². The normalized spacial score (nSPS) is 10.9. The van der Waals surface area contributed by atoms with E-state index in [0.717, 1.165) is 16.0 Å². The zero-order chi connectivity index (χ0) is 15.9. The quantitative estimate of drug-likeness (QED) is 0.521. The fourth-order valence-electron chi connectivity index (χ4n) is 1.85. The third-order valence-electron chi connectivity index (χ3n) is 3.10. The Hall–Kier alpha value is -2.51. The first kappa shape index (κ1) is 15.9. The monoisotopic (exact) mass is 308 g/mol. The molecule has 0 bridgehead atoms. The van der Waals surface area contributed by atoms with Gasteiger partial charge in [-0.3, -0.25) is 4.79 Å². The molecule has 1 amide bonds. The maximum Gasteiger partial charge on any atom is 0.266 e. The van der Waals surface area contributed by atoms with Crippen LogP contribution in [0.25, 0.3) is 6.08 Å². The Kier molecular flexibility index (Phi) is 5.40. The number of benzene rings is 2. The molecule has 2 aromatic carbocycles. The van der Waals surface area contributed by atoms with E-state index in [1.807, 2.05) is 67.8 Å². The second-order valence-electron chi connectivity index (χ2n) is 4.76. The van der Waals surface area contributed by atoms with Gasteiger partial charge >= 0.3 is 0 Å². The molecule has 4 heteroatoms. The average molecular weight is 308 g/mol. The molecular formula is C18H16N2OS. The number of anilines is 1. The molecule has 3 nitrogen and oxygen atoms in total. The Morgan fingerprint density at radius 1 is 1.14 bits per heavy atom. The van der Waals surface area contributed by atoms with Crippen molar-refractivity contribution in [1.29, 1.82) is 5.26 Å². The number of thioether (sulfide) groups is 1. The third-order valence-corrected chi connectivity index (χ3v) is 3.84. The molecule has 0 aliphatic carbocycles. The molecule has 0 fully saturated rings. The predicted molar refractivity (Wildman–Crippen MR) is 91.6 cm³/mol. The lowest BCUT2D eigenvalue weighted by atomic mass is 10.1. The van der Waals surface area contributed by atoms with E-state index in [2.05, 4.69) is 5.32 Å². The Morgan fingerprint density at radius 2 is 1.77 bits per heavy atom. The molecule has 0 aliphatic heterocycles. The fourth-order valence-corrected chi connectivity index (χ4v) is 2.26. The lowest BCUT2D eigenvalue weighted by Crippen LogP contribution is -2.13. The van der Waals surface area contributed by atoms with Gasteiger partial charge in [0.25, 0.3) is 5.91 Å². The van der Waals surface area contributed by atoms with Gasteiger partial charge in [0.15, 0.2) is 0 Å². The lowest BCUT2D eigenvalue weighted by Gasteiger charge is -2.05. The summed E-state index contributed by atoms with van der Waals surface area (Å²) in [6.45, 7) is 1.98. The maximum atomic E-state index is 12.2. The van der Waals surface area contributed by atoms with Crippen LogP contribution in [0.15, 0.2) is 59.0 Å². The zero-order valence-corrected chi connectivity index (χ0v) is 13.3. The highest BCUT2D eigenvalue weighted by Crippen LogP contribution is 2.17. The van der Waals surface area contributed by atoms with Gasteiger partial charge in [-0.25, -0.2) is 0 Å². The summed E-state index contributed by atoms with van der Waals surface area (Å²) in [5.41, 5.74) is 2.70. The molecule has 1 N–H and O–H groups in total. The van der Waals surface area contributed by atoms with E-state index in [4.69, 9.17) is 0 Å². The standard InChI is InChI=1S/C18H16N2OS/c1-13-3-7-16(8-4-13)20-18(21)15(12-19)11-14-5-9-17(22-2)10-6-14/h3-11H,1-2H3,(H,20,21)/b15-11-. The maximum absolute atomic E-state index is 12.2. The highest BCUT2D eigenvalue weighted by molar-refractivity contribution is 7.98. The average Bonchev–Trinajstić information content (AvgIpc) is 2.55.